The van der Waals surface area contributed by atoms with Crippen LogP contribution in [-0.2, 0) is 31.2 Å². The number of fused-ring (bicyclic) bond motifs is 2. The molecule has 6 aliphatic rings. The first kappa shape index (κ1) is 38.7. The summed E-state index contributed by atoms with van der Waals surface area (Å²) >= 11 is 0. The van der Waals surface area contributed by atoms with Gasteiger partial charge in [-0.1, -0.05) is 73.2 Å². The minimum absolute atomic E-state index is 0.109. The van der Waals surface area contributed by atoms with Gasteiger partial charge in [0.15, 0.2) is 23.0 Å². The van der Waals surface area contributed by atoms with Crippen molar-refractivity contribution >= 4 is 22.9 Å². The van der Waals surface area contributed by atoms with E-state index in [-0.39, 0.29) is 62.3 Å². The molecule has 0 radical (unpaired) electrons. The molecule has 9 nitrogen and oxygen atoms in total. The van der Waals surface area contributed by atoms with Gasteiger partial charge in [0.05, 0.1) is 23.5 Å². The van der Waals surface area contributed by atoms with Crippen LogP contribution in [0, 0.1) is 34.5 Å². The molecule has 0 amide bonds. The number of benzene rings is 4. The number of aromatic nitrogens is 2. The number of hydrogen-bond acceptors (Lipinski definition) is 8. The number of nitrogens with zero attached hydrogens (tertiary/aromatic N) is 1. The highest BCUT2D eigenvalue weighted by atomic mass is 16.3. The normalized spacial score (nSPS) is 32.3. The number of aromatic hydroxyl groups is 5. The highest BCUT2D eigenvalue weighted by Crippen LogP contribution is 2.78. The number of H-pyrrole nitrogens is 1. The van der Waals surface area contributed by atoms with Gasteiger partial charge in [0.25, 0.3) is 0 Å². The molecule has 4 fully saturated rings. The van der Waals surface area contributed by atoms with E-state index in [2.05, 4.69) is 46.7 Å². The van der Waals surface area contributed by atoms with E-state index in [1.807, 2.05) is 12.4 Å². The van der Waals surface area contributed by atoms with Gasteiger partial charge in [-0.05, 0) is 151 Å². The van der Waals surface area contributed by atoms with Crippen molar-refractivity contribution < 1.29 is 30.6 Å². The van der Waals surface area contributed by atoms with E-state index in [4.69, 9.17) is 4.98 Å². The van der Waals surface area contributed by atoms with Crippen LogP contribution in [0.4, 0.5) is 0 Å². The molecule has 8 N–H and O–H groups in total. The molecule has 1 heterocycles. The number of nitrogens with one attached hydrogen (secondary N) is 2. The first-order chi connectivity index (χ1) is 29.7. The van der Waals surface area contributed by atoms with E-state index < -0.39 is 6.10 Å². The lowest BCUT2D eigenvalue weighted by Gasteiger charge is -2.71. The Kier molecular flexibility index (Phi) is 9.14. The molecule has 1 aromatic heterocycles. The average Bonchev–Trinajstić information content (AvgIpc) is 3.99. The molecule has 9 atom stereocenters. The molecule has 61 heavy (non-hydrogen) atoms. The molecule has 9 heteroatoms. The SMILES string of the molecule is Oc1ccc(/C=C/c2c(CCc3ccc(CN[C@@H]4CC[C@@H]5CC[C@H]6CCc7[nH]cnc7[C@]47[C@@H]4[C@@H](O)C=C[C@@H]8CCC[C@]84CC[C@]657)cc3)c(O)c(O)c3c(O)cccc23)cc1O. The monoisotopic (exact) mass is 819 g/mol. The molecule has 316 valence electrons. The van der Waals surface area contributed by atoms with Crippen molar-refractivity contribution in [2.75, 3.05) is 0 Å². The van der Waals surface area contributed by atoms with Gasteiger partial charge in [-0.2, -0.15) is 0 Å². The van der Waals surface area contributed by atoms with E-state index in [0.29, 0.717) is 52.7 Å². The minimum atomic E-state index is -0.482. The number of imidazole rings is 1. The Morgan fingerprint density at radius 3 is 2.39 bits per heavy atom. The molecule has 0 aliphatic heterocycles. The molecule has 0 saturated heterocycles. The molecule has 5 aromatic rings. The Hall–Kier alpha value is -5.25. The first-order valence-electron chi connectivity index (χ1n) is 22.7. The Labute approximate surface area is 356 Å². The Bertz CT molecular complexity index is 2580. The predicted octanol–water partition coefficient (Wildman–Crippen LogP) is 9.32. The summed E-state index contributed by atoms with van der Waals surface area (Å²) < 4.78 is 0. The fourth-order valence-corrected chi connectivity index (χ4v) is 15.0. The van der Waals surface area contributed by atoms with Crippen LogP contribution < -0.4 is 5.32 Å². The lowest BCUT2D eigenvalue weighted by Crippen LogP contribution is -2.74. The molecule has 6 aliphatic carbocycles. The van der Waals surface area contributed by atoms with Crippen molar-refractivity contribution in [2.45, 2.75) is 108 Å². The van der Waals surface area contributed by atoms with Crippen LogP contribution in [-0.4, -0.2) is 52.8 Å². The van der Waals surface area contributed by atoms with Crippen molar-refractivity contribution in [3.8, 4) is 28.7 Å². The van der Waals surface area contributed by atoms with Gasteiger partial charge < -0.3 is 40.9 Å². The van der Waals surface area contributed by atoms with Crippen LogP contribution in [0.25, 0.3) is 22.9 Å². The zero-order chi connectivity index (χ0) is 41.7. The van der Waals surface area contributed by atoms with Crippen molar-refractivity contribution in [1.29, 1.82) is 0 Å². The van der Waals surface area contributed by atoms with Gasteiger partial charge in [0, 0.05) is 35.2 Å². The van der Waals surface area contributed by atoms with Gasteiger partial charge in [0.1, 0.15) is 5.75 Å². The van der Waals surface area contributed by atoms with Crippen molar-refractivity contribution in [3.05, 3.63) is 118 Å². The average molecular weight is 820 g/mol. The van der Waals surface area contributed by atoms with Crippen LogP contribution in [0.5, 0.6) is 28.7 Å². The molecular weight excluding hydrogens is 763 g/mol. The van der Waals surface area contributed by atoms with Crippen LogP contribution >= 0.6 is 0 Å². The Morgan fingerprint density at radius 1 is 0.754 bits per heavy atom. The maximum Gasteiger partial charge on any atom is 0.169 e. The minimum Gasteiger partial charge on any atom is -0.507 e. The molecule has 4 saturated carbocycles. The fourth-order valence-electron chi connectivity index (χ4n) is 15.0. The van der Waals surface area contributed by atoms with Gasteiger partial charge in [-0.25, -0.2) is 4.98 Å². The van der Waals surface area contributed by atoms with Gasteiger partial charge in [-0.3, -0.25) is 0 Å². The number of allylic oxidation sites excluding steroid dienone is 1. The summed E-state index contributed by atoms with van der Waals surface area (Å²) in [4.78, 5) is 8.98. The maximum absolute atomic E-state index is 12.4. The van der Waals surface area contributed by atoms with E-state index in [9.17, 15) is 30.6 Å². The number of phenolic OH excluding ortho intramolecular Hbond substituents is 5. The van der Waals surface area contributed by atoms with E-state index in [1.165, 1.54) is 92.9 Å². The third-order valence-electron chi connectivity index (χ3n) is 17.3. The molecule has 4 aromatic carbocycles. The Balaban J connectivity index is 0.895. The number of hydrogen-bond donors (Lipinski definition) is 8. The van der Waals surface area contributed by atoms with Crippen LogP contribution in [0.15, 0.2) is 79.1 Å². The van der Waals surface area contributed by atoms with Gasteiger partial charge in [0.2, 0.25) is 0 Å². The molecule has 0 unspecified atom stereocenters. The number of rotatable bonds is 8. The predicted molar refractivity (Wildman–Crippen MR) is 236 cm³/mol. The van der Waals surface area contributed by atoms with Gasteiger partial charge >= 0.3 is 0 Å². The topological polar surface area (TPSA) is 162 Å². The lowest BCUT2D eigenvalue weighted by atomic mass is 9.33. The maximum atomic E-state index is 12.4. The fraction of sp³-hybridized carbons (Fsp3) is 0.442. The zero-order valence-corrected chi connectivity index (χ0v) is 34.7. The second kappa shape index (κ2) is 14.4. The molecule has 2 spiro atoms. The third-order valence-corrected chi connectivity index (χ3v) is 17.3. The smallest absolute Gasteiger partial charge is 0.169 e. The summed E-state index contributed by atoms with van der Waals surface area (Å²) in [5, 5.41) is 70.6. The van der Waals surface area contributed by atoms with Crippen molar-refractivity contribution in [2.24, 2.45) is 34.5 Å². The summed E-state index contributed by atoms with van der Waals surface area (Å²) in [6.07, 6.45) is 23.9. The van der Waals surface area contributed by atoms with Crippen molar-refractivity contribution in [1.82, 2.24) is 15.3 Å². The largest absolute Gasteiger partial charge is 0.507 e. The lowest BCUT2D eigenvalue weighted by molar-refractivity contribution is -0.195. The van der Waals surface area contributed by atoms with E-state index >= 15 is 0 Å². The molecule has 0 bridgehead atoms. The summed E-state index contributed by atoms with van der Waals surface area (Å²) in [7, 11) is 0. The van der Waals surface area contributed by atoms with Gasteiger partial charge in [-0.15, -0.1) is 0 Å². The Morgan fingerprint density at radius 2 is 1.56 bits per heavy atom. The van der Waals surface area contributed by atoms with E-state index in [1.54, 1.807) is 24.3 Å². The highest BCUT2D eigenvalue weighted by Gasteiger charge is 2.77. The number of aliphatic hydroxyl groups is 1. The third kappa shape index (κ3) is 5.55. The standard InChI is InChI=1S/C52H57N3O6/c56-40-21-12-31(27-43(40)59)11-18-36-37-4-1-5-41(57)45(37)47(61)46(60)38(36)19-10-30-6-8-32(9-7-30)28-53-44-23-17-35-14-13-34-15-20-39-49(55-29-54-39)52(44)48-42(58)22-16-33-3-2-24-50(33,48)25-26-51(34,35)52/h1,4-9,11-12,16,18,21-22,27,29,33-35,42,44,48,53,56-61H,2-3,10,13-15,17,19-20,23-26,28H2,(H,54,55)/b18-11+/t33-,34-,35-,42-,44+,48+,50-,51-,52+/m0/s1. The summed E-state index contributed by atoms with van der Waals surface area (Å²) in [6.45, 7) is 0.720. The second-order valence-corrected chi connectivity index (χ2v) is 19.4. The zero-order valence-electron chi connectivity index (χ0n) is 34.7. The first-order valence-corrected chi connectivity index (χ1v) is 22.7. The summed E-state index contributed by atoms with van der Waals surface area (Å²) in [5.41, 5.74) is 6.68. The van der Waals surface area contributed by atoms with Crippen LogP contribution in [0.1, 0.15) is 103 Å². The van der Waals surface area contributed by atoms with Crippen LogP contribution in [0.3, 0.4) is 0 Å². The van der Waals surface area contributed by atoms with E-state index in [0.717, 1.165) is 24.9 Å². The number of aliphatic hydroxyl groups excluding tert-OH is 1. The highest BCUT2D eigenvalue weighted by molar-refractivity contribution is 6.03. The number of aromatic amines is 1. The number of aryl methyl sites for hydroxylation is 2. The van der Waals surface area contributed by atoms with Crippen molar-refractivity contribution in [3.63, 3.8) is 0 Å². The summed E-state index contributed by atoms with van der Waals surface area (Å²) in [5.74, 6) is 0.756. The number of phenols is 5. The quantitative estimate of drug-likeness (QED) is 0.0437. The summed E-state index contributed by atoms with van der Waals surface area (Å²) in [6, 6.07) is 18.5. The molecular formula is C52H57N3O6. The second-order valence-electron chi connectivity index (χ2n) is 19.4. The molecule has 11 rings (SSSR count). The van der Waals surface area contributed by atoms with Crippen LogP contribution in [0.2, 0.25) is 0 Å².